The van der Waals surface area contributed by atoms with Gasteiger partial charge < -0.3 is 4.52 Å². The molecule has 0 aliphatic carbocycles. The molecule has 29 heavy (non-hydrogen) atoms. The Balaban J connectivity index is 1.60. The van der Waals surface area contributed by atoms with E-state index in [-0.39, 0.29) is 0 Å². The molecule has 2 aromatic carbocycles. The normalized spacial score (nSPS) is 17.7. The highest BCUT2D eigenvalue weighted by molar-refractivity contribution is 7.89. The quantitative estimate of drug-likeness (QED) is 0.596. The Labute approximate surface area is 171 Å². The van der Waals surface area contributed by atoms with E-state index in [9.17, 15) is 8.42 Å². The van der Waals surface area contributed by atoms with Crippen molar-refractivity contribution >= 4 is 10.0 Å². The van der Waals surface area contributed by atoms with Crippen LogP contribution in [0, 0.1) is 6.92 Å². The summed E-state index contributed by atoms with van der Waals surface area (Å²) in [6.07, 6.45) is 3.40. The molecule has 0 radical (unpaired) electrons. The van der Waals surface area contributed by atoms with E-state index < -0.39 is 16.1 Å². The SMILES string of the molecule is CCCc1ccc(S(=O)(=O)N2CCC[C@@H]2c2nc(-c3cccc(C)c3)no2)cc1. The van der Waals surface area contributed by atoms with Crippen LogP contribution in [0.15, 0.2) is 57.9 Å². The van der Waals surface area contributed by atoms with Crippen molar-refractivity contribution in [2.75, 3.05) is 6.54 Å². The van der Waals surface area contributed by atoms with E-state index in [0.29, 0.717) is 29.6 Å². The van der Waals surface area contributed by atoms with Crippen LogP contribution in [-0.2, 0) is 16.4 Å². The molecule has 6 nitrogen and oxygen atoms in total. The van der Waals surface area contributed by atoms with Gasteiger partial charge in [-0.05, 0) is 49.9 Å². The molecular formula is C22H25N3O3S. The van der Waals surface area contributed by atoms with Crippen molar-refractivity contribution in [2.24, 2.45) is 0 Å². The first-order valence-electron chi connectivity index (χ1n) is 10.0. The predicted molar refractivity (Wildman–Crippen MR) is 111 cm³/mol. The van der Waals surface area contributed by atoms with Gasteiger partial charge in [0.1, 0.15) is 6.04 Å². The third-order valence-corrected chi connectivity index (χ3v) is 7.20. The molecule has 1 saturated heterocycles. The monoisotopic (exact) mass is 411 g/mol. The first kappa shape index (κ1) is 19.8. The molecule has 0 amide bonds. The van der Waals surface area contributed by atoms with Gasteiger partial charge in [-0.15, -0.1) is 0 Å². The second-order valence-electron chi connectivity index (χ2n) is 7.49. The van der Waals surface area contributed by atoms with Crippen molar-refractivity contribution in [3.05, 3.63) is 65.5 Å². The summed E-state index contributed by atoms with van der Waals surface area (Å²) >= 11 is 0. The Morgan fingerprint density at radius 3 is 2.69 bits per heavy atom. The maximum absolute atomic E-state index is 13.2. The second-order valence-corrected chi connectivity index (χ2v) is 9.38. The molecule has 1 aliphatic heterocycles. The molecule has 1 fully saturated rings. The Bertz CT molecular complexity index is 1090. The van der Waals surface area contributed by atoms with Crippen LogP contribution in [0.5, 0.6) is 0 Å². The highest BCUT2D eigenvalue weighted by Crippen LogP contribution is 2.36. The summed E-state index contributed by atoms with van der Waals surface area (Å²) in [5.41, 5.74) is 3.11. The maximum atomic E-state index is 13.2. The summed E-state index contributed by atoms with van der Waals surface area (Å²) in [5, 5.41) is 4.09. The molecule has 0 unspecified atom stereocenters. The third-order valence-electron chi connectivity index (χ3n) is 5.28. The number of hydrogen-bond acceptors (Lipinski definition) is 5. The third kappa shape index (κ3) is 3.97. The van der Waals surface area contributed by atoms with Crippen molar-refractivity contribution in [3.8, 4) is 11.4 Å². The molecule has 0 spiro atoms. The zero-order valence-electron chi connectivity index (χ0n) is 16.7. The first-order chi connectivity index (χ1) is 14.0. The molecule has 3 aromatic rings. The van der Waals surface area contributed by atoms with E-state index in [2.05, 4.69) is 17.1 Å². The van der Waals surface area contributed by atoms with Crippen LogP contribution in [0.2, 0.25) is 0 Å². The van der Waals surface area contributed by atoms with Crippen LogP contribution < -0.4 is 0 Å². The molecule has 152 valence electrons. The van der Waals surface area contributed by atoms with Crippen molar-refractivity contribution in [3.63, 3.8) is 0 Å². The zero-order valence-corrected chi connectivity index (χ0v) is 17.5. The molecule has 7 heteroatoms. The molecule has 1 aromatic heterocycles. The van der Waals surface area contributed by atoms with Gasteiger partial charge in [-0.25, -0.2) is 8.42 Å². The van der Waals surface area contributed by atoms with Gasteiger partial charge in [0.05, 0.1) is 4.90 Å². The fourth-order valence-electron chi connectivity index (χ4n) is 3.80. The summed E-state index contributed by atoms with van der Waals surface area (Å²) in [6.45, 7) is 4.56. The van der Waals surface area contributed by atoms with Gasteiger partial charge >= 0.3 is 0 Å². The maximum Gasteiger partial charge on any atom is 0.245 e. The lowest BCUT2D eigenvalue weighted by molar-refractivity contribution is 0.290. The number of aryl methyl sites for hydroxylation is 2. The van der Waals surface area contributed by atoms with Gasteiger partial charge in [0.2, 0.25) is 21.7 Å². The lowest BCUT2D eigenvalue weighted by Gasteiger charge is -2.21. The largest absolute Gasteiger partial charge is 0.337 e. The minimum atomic E-state index is -3.62. The molecule has 2 heterocycles. The molecule has 1 aliphatic rings. The van der Waals surface area contributed by atoms with Crippen LogP contribution in [-0.4, -0.2) is 29.4 Å². The van der Waals surface area contributed by atoms with Crippen LogP contribution in [0.4, 0.5) is 0 Å². The van der Waals surface area contributed by atoms with E-state index in [4.69, 9.17) is 4.52 Å². The number of benzene rings is 2. The molecule has 0 bridgehead atoms. The van der Waals surface area contributed by atoms with Crippen LogP contribution in [0.3, 0.4) is 0 Å². The number of aromatic nitrogens is 2. The molecule has 1 atom stereocenters. The number of sulfonamides is 1. The molecule has 0 N–H and O–H groups in total. The summed E-state index contributed by atoms with van der Waals surface area (Å²) in [5.74, 6) is 0.835. The summed E-state index contributed by atoms with van der Waals surface area (Å²) < 4.78 is 33.5. The zero-order chi connectivity index (χ0) is 20.4. The standard InChI is InChI=1S/C22H25N3O3S/c1-3-6-17-10-12-19(13-11-17)29(26,27)25-14-5-9-20(25)22-23-21(24-28-22)18-8-4-7-16(2)15-18/h4,7-8,10-13,15,20H,3,5-6,9,14H2,1-2H3/t20-/m1/s1. The molecular weight excluding hydrogens is 386 g/mol. The Morgan fingerprint density at radius 1 is 1.17 bits per heavy atom. The smallest absolute Gasteiger partial charge is 0.245 e. The molecule has 0 saturated carbocycles. The minimum Gasteiger partial charge on any atom is -0.337 e. The van der Waals surface area contributed by atoms with E-state index >= 15 is 0 Å². The number of nitrogens with zero attached hydrogens (tertiary/aromatic N) is 3. The van der Waals surface area contributed by atoms with Crippen molar-refractivity contribution in [1.29, 1.82) is 0 Å². The van der Waals surface area contributed by atoms with Gasteiger partial charge in [0.25, 0.3) is 0 Å². The van der Waals surface area contributed by atoms with Gasteiger partial charge in [0, 0.05) is 12.1 Å². The average Bonchev–Trinajstić information content (AvgIpc) is 3.38. The van der Waals surface area contributed by atoms with E-state index in [0.717, 1.165) is 36.0 Å². The highest BCUT2D eigenvalue weighted by atomic mass is 32.2. The van der Waals surface area contributed by atoms with Gasteiger partial charge in [-0.1, -0.05) is 54.4 Å². The van der Waals surface area contributed by atoms with E-state index in [1.165, 1.54) is 4.31 Å². The fourth-order valence-corrected chi connectivity index (χ4v) is 5.45. The minimum absolute atomic E-state index is 0.308. The Morgan fingerprint density at radius 2 is 1.97 bits per heavy atom. The fraction of sp³-hybridized carbons (Fsp3) is 0.364. The lowest BCUT2D eigenvalue weighted by atomic mass is 10.1. The summed E-state index contributed by atoms with van der Waals surface area (Å²) in [6, 6.07) is 14.6. The lowest BCUT2D eigenvalue weighted by Crippen LogP contribution is -2.30. The number of hydrogen-bond donors (Lipinski definition) is 0. The summed E-state index contributed by atoms with van der Waals surface area (Å²) in [4.78, 5) is 4.82. The Hall–Kier alpha value is -2.51. The van der Waals surface area contributed by atoms with Gasteiger partial charge in [-0.3, -0.25) is 0 Å². The molecule has 4 rings (SSSR count). The first-order valence-corrected chi connectivity index (χ1v) is 11.4. The topological polar surface area (TPSA) is 76.3 Å². The van der Waals surface area contributed by atoms with Crippen molar-refractivity contribution in [2.45, 2.75) is 50.5 Å². The van der Waals surface area contributed by atoms with Crippen LogP contribution >= 0.6 is 0 Å². The second kappa shape index (κ2) is 8.08. The number of rotatable bonds is 6. The average molecular weight is 412 g/mol. The van der Waals surface area contributed by atoms with E-state index in [1.807, 2.05) is 43.3 Å². The van der Waals surface area contributed by atoms with Crippen molar-refractivity contribution in [1.82, 2.24) is 14.4 Å². The van der Waals surface area contributed by atoms with E-state index in [1.54, 1.807) is 12.1 Å². The van der Waals surface area contributed by atoms with Crippen molar-refractivity contribution < 1.29 is 12.9 Å². The Kier molecular flexibility index (Phi) is 5.52. The summed E-state index contributed by atoms with van der Waals surface area (Å²) in [7, 11) is -3.62. The van der Waals surface area contributed by atoms with Crippen LogP contribution in [0.1, 0.15) is 49.2 Å². The highest BCUT2D eigenvalue weighted by Gasteiger charge is 2.39. The van der Waals surface area contributed by atoms with Crippen LogP contribution in [0.25, 0.3) is 11.4 Å². The predicted octanol–water partition coefficient (Wildman–Crippen LogP) is 4.52. The van der Waals surface area contributed by atoms with Gasteiger partial charge in [-0.2, -0.15) is 9.29 Å². The van der Waals surface area contributed by atoms with Gasteiger partial charge in [0.15, 0.2) is 0 Å².